The Labute approximate surface area is 165 Å². The lowest BCUT2D eigenvalue weighted by atomic mass is 9.92. The van der Waals surface area contributed by atoms with Gasteiger partial charge in [0.1, 0.15) is 17.1 Å². The van der Waals surface area contributed by atoms with Crippen LogP contribution in [0, 0.1) is 5.92 Å². The van der Waals surface area contributed by atoms with Gasteiger partial charge >= 0.3 is 5.97 Å². The number of hydrogen-bond acceptors (Lipinski definition) is 7. The van der Waals surface area contributed by atoms with Gasteiger partial charge in [0.05, 0.1) is 18.3 Å². The first-order chi connectivity index (χ1) is 13.3. The molecule has 0 spiro atoms. The van der Waals surface area contributed by atoms with Gasteiger partial charge < -0.3 is 29.5 Å². The molecule has 3 N–H and O–H groups in total. The van der Waals surface area contributed by atoms with Crippen molar-refractivity contribution in [1.29, 1.82) is 0 Å². The zero-order valence-electron chi connectivity index (χ0n) is 16.6. The summed E-state index contributed by atoms with van der Waals surface area (Å²) in [5, 5.41) is 30.9. The summed E-state index contributed by atoms with van der Waals surface area (Å²) in [6.45, 7) is 3.68. The molecule has 0 saturated carbocycles. The maximum atomic E-state index is 12.6. The lowest BCUT2D eigenvalue weighted by Crippen LogP contribution is -2.32. The molecule has 1 aliphatic heterocycles. The summed E-state index contributed by atoms with van der Waals surface area (Å²) in [6, 6.07) is 2.93. The normalized spacial score (nSPS) is 26.8. The van der Waals surface area contributed by atoms with Crippen LogP contribution in [0.4, 0.5) is 0 Å². The minimum absolute atomic E-state index is 0.00772. The molecular formula is C21H30O7. The molecule has 4 atom stereocenters. The van der Waals surface area contributed by atoms with E-state index in [0.29, 0.717) is 24.2 Å². The van der Waals surface area contributed by atoms with Gasteiger partial charge in [-0.25, -0.2) is 4.79 Å². The van der Waals surface area contributed by atoms with Crippen molar-refractivity contribution in [2.75, 3.05) is 13.9 Å². The Hall–Kier alpha value is -2.09. The molecule has 7 heteroatoms. The molecule has 1 unspecified atom stereocenters. The monoisotopic (exact) mass is 394 g/mol. The van der Waals surface area contributed by atoms with Gasteiger partial charge in [-0.3, -0.25) is 0 Å². The number of hydrogen-bond donors (Lipinski definition) is 3. The molecule has 0 amide bonds. The number of aromatic hydroxyl groups is 1. The second-order valence-corrected chi connectivity index (χ2v) is 7.28. The SMILES string of the molecule is COCOc1cc(O)c2c(c1)C=CC[C@H](O)[C@H](O)C(C)CCC[C@H](C)OC2=O. The van der Waals surface area contributed by atoms with Gasteiger partial charge in [-0.15, -0.1) is 0 Å². The summed E-state index contributed by atoms with van der Waals surface area (Å²) in [7, 11) is 1.48. The maximum Gasteiger partial charge on any atom is 0.342 e. The number of ether oxygens (including phenoxy) is 3. The van der Waals surface area contributed by atoms with Crippen LogP contribution in [0.2, 0.25) is 0 Å². The molecule has 2 rings (SSSR count). The Morgan fingerprint density at radius 1 is 1.21 bits per heavy atom. The first-order valence-corrected chi connectivity index (χ1v) is 9.55. The quantitative estimate of drug-likeness (QED) is 0.535. The van der Waals surface area contributed by atoms with E-state index in [2.05, 4.69) is 0 Å². The number of aliphatic hydroxyl groups excluding tert-OH is 2. The number of aliphatic hydroxyl groups is 2. The highest BCUT2D eigenvalue weighted by atomic mass is 16.7. The third-order valence-electron chi connectivity index (χ3n) is 4.90. The maximum absolute atomic E-state index is 12.6. The molecule has 156 valence electrons. The van der Waals surface area contributed by atoms with Gasteiger partial charge in [-0.2, -0.15) is 0 Å². The number of phenols is 1. The number of carbonyl (C=O) groups excluding carboxylic acids is 1. The standard InChI is InChI=1S/C21H30O7/c1-13-6-4-7-14(2)28-21(25)19-15(8-5-9-17(22)20(13)24)10-16(11-18(19)23)27-12-26-3/h5,8,10-11,13-14,17,20,22-24H,4,6-7,9,12H2,1-3H3/t13?,14-,17-,20+/m0/s1. The van der Waals surface area contributed by atoms with E-state index in [1.807, 2.05) is 6.92 Å². The Balaban J connectivity index is 2.38. The first-order valence-electron chi connectivity index (χ1n) is 9.55. The van der Waals surface area contributed by atoms with E-state index in [1.165, 1.54) is 13.2 Å². The predicted molar refractivity (Wildman–Crippen MR) is 104 cm³/mol. The van der Waals surface area contributed by atoms with Gasteiger partial charge in [-0.1, -0.05) is 19.1 Å². The van der Waals surface area contributed by atoms with E-state index < -0.39 is 18.2 Å². The molecule has 0 radical (unpaired) electrons. The number of rotatable bonds is 3. The zero-order chi connectivity index (χ0) is 20.7. The third kappa shape index (κ3) is 5.95. The van der Waals surface area contributed by atoms with Crippen LogP contribution in [0.15, 0.2) is 18.2 Å². The molecule has 0 aliphatic carbocycles. The molecule has 1 aromatic carbocycles. The summed E-state index contributed by atoms with van der Waals surface area (Å²) in [4.78, 5) is 12.6. The van der Waals surface area contributed by atoms with Crippen molar-refractivity contribution in [2.24, 2.45) is 5.92 Å². The number of benzene rings is 1. The van der Waals surface area contributed by atoms with Gasteiger partial charge in [-0.05, 0) is 50.2 Å². The second kappa shape index (κ2) is 10.5. The topological polar surface area (TPSA) is 105 Å². The average molecular weight is 394 g/mol. The number of phenolic OH excluding ortho intramolecular Hbond substituents is 1. The number of methoxy groups -OCH3 is 1. The summed E-state index contributed by atoms with van der Waals surface area (Å²) in [5.74, 6) is -0.612. The highest BCUT2D eigenvalue weighted by Crippen LogP contribution is 2.31. The van der Waals surface area contributed by atoms with Gasteiger partial charge in [0.25, 0.3) is 0 Å². The van der Waals surface area contributed by atoms with Gasteiger partial charge in [0.2, 0.25) is 0 Å². The fourth-order valence-corrected chi connectivity index (χ4v) is 3.24. The van der Waals surface area contributed by atoms with Crippen molar-refractivity contribution in [3.8, 4) is 11.5 Å². The molecule has 1 heterocycles. The van der Waals surface area contributed by atoms with E-state index in [4.69, 9.17) is 14.2 Å². The Morgan fingerprint density at radius 2 is 1.96 bits per heavy atom. The van der Waals surface area contributed by atoms with Crippen molar-refractivity contribution in [3.63, 3.8) is 0 Å². The third-order valence-corrected chi connectivity index (χ3v) is 4.90. The number of cyclic esters (lactones) is 1. The molecule has 1 aliphatic rings. The van der Waals surface area contributed by atoms with Crippen LogP contribution in [0.25, 0.3) is 6.08 Å². The van der Waals surface area contributed by atoms with E-state index in [1.54, 1.807) is 25.1 Å². The Morgan fingerprint density at radius 3 is 2.68 bits per heavy atom. The van der Waals surface area contributed by atoms with E-state index in [-0.39, 0.29) is 36.5 Å². The highest BCUT2D eigenvalue weighted by Gasteiger charge is 2.24. The fraction of sp³-hybridized carbons (Fsp3) is 0.571. The molecule has 0 fully saturated rings. The Kier molecular flexibility index (Phi) is 8.29. The van der Waals surface area contributed by atoms with Crippen LogP contribution in [-0.2, 0) is 9.47 Å². The minimum Gasteiger partial charge on any atom is -0.507 e. The second-order valence-electron chi connectivity index (χ2n) is 7.28. The van der Waals surface area contributed by atoms with Crippen LogP contribution in [0.1, 0.15) is 55.5 Å². The highest BCUT2D eigenvalue weighted by molar-refractivity contribution is 5.97. The number of carbonyl (C=O) groups is 1. The Bertz CT molecular complexity index is 686. The van der Waals surface area contributed by atoms with E-state index in [9.17, 15) is 20.1 Å². The molecule has 0 aromatic heterocycles. The molecule has 1 aromatic rings. The van der Waals surface area contributed by atoms with Crippen LogP contribution >= 0.6 is 0 Å². The van der Waals surface area contributed by atoms with Crippen LogP contribution < -0.4 is 4.74 Å². The van der Waals surface area contributed by atoms with Crippen molar-refractivity contribution < 1.29 is 34.3 Å². The average Bonchev–Trinajstić information content (AvgIpc) is 2.64. The molecule has 0 bridgehead atoms. The first kappa shape index (κ1) is 22.2. The van der Waals surface area contributed by atoms with E-state index in [0.717, 1.165) is 6.42 Å². The molecular weight excluding hydrogens is 364 g/mol. The summed E-state index contributed by atoms with van der Waals surface area (Å²) in [6.07, 6.45) is 3.46. The molecule has 28 heavy (non-hydrogen) atoms. The fourth-order valence-electron chi connectivity index (χ4n) is 3.24. The number of esters is 1. The van der Waals surface area contributed by atoms with Crippen LogP contribution in [0.3, 0.4) is 0 Å². The minimum atomic E-state index is -0.913. The summed E-state index contributed by atoms with van der Waals surface area (Å²) in [5.41, 5.74) is 0.434. The predicted octanol–water partition coefficient (Wildman–Crippen LogP) is 2.87. The van der Waals surface area contributed by atoms with Crippen molar-refractivity contribution >= 4 is 12.0 Å². The van der Waals surface area contributed by atoms with Crippen LogP contribution in [-0.4, -0.2) is 53.5 Å². The number of fused-ring (bicyclic) bond motifs is 1. The summed E-state index contributed by atoms with van der Waals surface area (Å²) < 4.78 is 15.7. The lowest BCUT2D eigenvalue weighted by molar-refractivity contribution is -0.0142. The van der Waals surface area contributed by atoms with Gasteiger partial charge in [0, 0.05) is 13.2 Å². The summed E-state index contributed by atoms with van der Waals surface area (Å²) >= 11 is 0. The van der Waals surface area contributed by atoms with Gasteiger partial charge in [0.15, 0.2) is 6.79 Å². The van der Waals surface area contributed by atoms with Crippen molar-refractivity contribution in [3.05, 3.63) is 29.3 Å². The lowest BCUT2D eigenvalue weighted by Gasteiger charge is -2.24. The van der Waals surface area contributed by atoms with E-state index >= 15 is 0 Å². The zero-order valence-corrected chi connectivity index (χ0v) is 16.6. The largest absolute Gasteiger partial charge is 0.507 e. The van der Waals surface area contributed by atoms with Crippen molar-refractivity contribution in [1.82, 2.24) is 0 Å². The smallest absolute Gasteiger partial charge is 0.342 e. The van der Waals surface area contributed by atoms with Crippen LogP contribution in [0.5, 0.6) is 11.5 Å². The van der Waals surface area contributed by atoms with Crippen molar-refractivity contribution in [2.45, 2.75) is 57.8 Å². The molecule has 0 saturated heterocycles. The molecule has 7 nitrogen and oxygen atoms in total.